The summed E-state index contributed by atoms with van der Waals surface area (Å²) in [6.07, 6.45) is 17.8. The van der Waals surface area contributed by atoms with E-state index in [1.807, 2.05) is 37.3 Å². The van der Waals surface area contributed by atoms with Crippen LogP contribution >= 0.6 is 0 Å². The van der Waals surface area contributed by atoms with Crippen LogP contribution in [0, 0.1) is 11.7 Å². The Bertz CT molecular complexity index is 1820. The zero-order chi connectivity index (χ0) is 30.3. The summed E-state index contributed by atoms with van der Waals surface area (Å²) in [5.41, 5.74) is 8.81. The highest BCUT2D eigenvalue weighted by molar-refractivity contribution is 5.98. The van der Waals surface area contributed by atoms with Crippen molar-refractivity contribution < 1.29 is 4.39 Å². The maximum Gasteiger partial charge on any atom is 0.123 e. The molecule has 0 amide bonds. The summed E-state index contributed by atoms with van der Waals surface area (Å²) in [6.45, 7) is 16.8. The van der Waals surface area contributed by atoms with Gasteiger partial charge < -0.3 is 10.3 Å². The molecule has 1 saturated carbocycles. The third kappa shape index (κ3) is 7.06. The van der Waals surface area contributed by atoms with Crippen LogP contribution < -0.4 is 15.9 Å². The van der Waals surface area contributed by atoms with Gasteiger partial charge in [0.2, 0.25) is 0 Å². The molecule has 0 unspecified atom stereocenters. The fourth-order valence-corrected chi connectivity index (χ4v) is 5.94. The average molecular weight is 573 g/mol. The Balaban J connectivity index is 1.35. The number of allylic oxidation sites excluding steroid dienone is 7. The van der Waals surface area contributed by atoms with Crippen LogP contribution in [-0.4, -0.2) is 15.2 Å². The monoisotopic (exact) mass is 572 g/mol. The van der Waals surface area contributed by atoms with Crippen LogP contribution in [0.1, 0.15) is 52.4 Å². The quantitative estimate of drug-likeness (QED) is 0.167. The topological polar surface area (TPSA) is 56.5 Å². The van der Waals surface area contributed by atoms with E-state index in [9.17, 15) is 4.39 Å². The number of hydrogen-bond acceptors (Lipinski definition) is 2. The number of H-pyrrole nitrogens is 2. The average Bonchev–Trinajstić information content (AvgIpc) is 3.61. The van der Waals surface area contributed by atoms with Crippen molar-refractivity contribution in [3.8, 4) is 22.5 Å². The summed E-state index contributed by atoms with van der Waals surface area (Å²) in [5, 5.41) is 13.9. The molecule has 0 saturated heterocycles. The van der Waals surface area contributed by atoms with Crippen LogP contribution in [0.25, 0.3) is 46.1 Å². The molecule has 5 rings (SSSR count). The lowest BCUT2D eigenvalue weighted by Gasteiger charge is -2.23. The van der Waals surface area contributed by atoms with Crippen LogP contribution in [0.5, 0.6) is 0 Å². The van der Waals surface area contributed by atoms with Crippen molar-refractivity contribution in [2.45, 2.75) is 52.4 Å². The van der Waals surface area contributed by atoms with E-state index < -0.39 is 0 Å². The third-order valence-corrected chi connectivity index (χ3v) is 8.35. The number of fused-ring (bicyclic) bond motifs is 1. The van der Waals surface area contributed by atoms with E-state index in [1.54, 1.807) is 12.1 Å². The van der Waals surface area contributed by atoms with E-state index in [1.165, 1.54) is 44.2 Å². The normalized spacial score (nSPS) is 15.7. The number of nitrogens with zero attached hydrogens (tertiary/aromatic N) is 1. The highest BCUT2D eigenvalue weighted by atomic mass is 19.1. The Hall–Kier alpha value is -4.64. The van der Waals surface area contributed by atoms with Gasteiger partial charge in [0.25, 0.3) is 0 Å². The molecule has 1 aliphatic carbocycles. The third-order valence-electron chi connectivity index (χ3n) is 8.35. The molecule has 0 atom stereocenters. The molecule has 4 nitrogen and oxygen atoms in total. The first-order valence-electron chi connectivity index (χ1n) is 15.1. The predicted octanol–water partition coefficient (Wildman–Crippen LogP) is 8.59. The lowest BCUT2D eigenvalue weighted by Crippen LogP contribution is -2.21. The van der Waals surface area contributed by atoms with Crippen molar-refractivity contribution in [1.29, 1.82) is 0 Å². The first-order valence-corrected chi connectivity index (χ1v) is 15.1. The van der Waals surface area contributed by atoms with Gasteiger partial charge in [0.1, 0.15) is 11.5 Å². The molecule has 3 N–H and O–H groups in total. The van der Waals surface area contributed by atoms with Crippen LogP contribution in [-0.2, 0) is 0 Å². The van der Waals surface area contributed by atoms with Crippen molar-refractivity contribution in [3.05, 3.63) is 125 Å². The highest BCUT2D eigenvalue weighted by Gasteiger charge is 2.15. The predicted molar refractivity (Wildman–Crippen MR) is 180 cm³/mol. The Morgan fingerprint density at radius 3 is 2.60 bits per heavy atom. The summed E-state index contributed by atoms with van der Waals surface area (Å²) in [4.78, 5) is 3.48. The van der Waals surface area contributed by atoms with Gasteiger partial charge in [-0.25, -0.2) is 4.39 Å². The minimum atomic E-state index is -0.247. The lowest BCUT2D eigenvalue weighted by molar-refractivity contribution is 0.353. The van der Waals surface area contributed by atoms with Crippen LogP contribution in [0.4, 0.5) is 4.39 Å². The summed E-state index contributed by atoms with van der Waals surface area (Å²) in [7, 11) is 0. The second-order valence-corrected chi connectivity index (χ2v) is 11.4. The summed E-state index contributed by atoms with van der Waals surface area (Å²) in [6, 6.07) is 14.7. The van der Waals surface area contributed by atoms with Gasteiger partial charge in [-0.1, -0.05) is 88.3 Å². The fourth-order valence-electron chi connectivity index (χ4n) is 5.94. The summed E-state index contributed by atoms with van der Waals surface area (Å²) < 4.78 is 13.5. The molecular weight excluding hydrogens is 531 g/mol. The fraction of sp³-hybridized carbons (Fsp3) is 0.237. The molecule has 2 aromatic heterocycles. The van der Waals surface area contributed by atoms with Crippen LogP contribution in [0.15, 0.2) is 109 Å². The van der Waals surface area contributed by atoms with E-state index >= 15 is 0 Å². The molecule has 43 heavy (non-hydrogen) atoms. The van der Waals surface area contributed by atoms with E-state index in [2.05, 4.69) is 71.5 Å². The van der Waals surface area contributed by atoms with Crippen molar-refractivity contribution >= 4 is 23.6 Å². The molecular formula is C38H41FN4. The van der Waals surface area contributed by atoms with Gasteiger partial charge in [-0.3, -0.25) is 5.10 Å². The maximum absolute atomic E-state index is 13.5. The minimum absolute atomic E-state index is 0.247. The molecule has 0 aliphatic heterocycles. The Morgan fingerprint density at radius 1 is 1.12 bits per heavy atom. The molecule has 5 heteroatoms. The number of aromatic nitrogens is 3. The number of halogens is 1. The maximum atomic E-state index is 13.5. The molecule has 0 bridgehead atoms. The summed E-state index contributed by atoms with van der Waals surface area (Å²) in [5.74, 6) is 0.484. The number of benzene rings is 2. The summed E-state index contributed by atoms with van der Waals surface area (Å²) >= 11 is 0. The first-order chi connectivity index (χ1) is 20.9. The Labute approximate surface area is 253 Å². The van der Waals surface area contributed by atoms with Crippen LogP contribution in [0.2, 0.25) is 0 Å². The zero-order valence-electron chi connectivity index (χ0n) is 25.3. The second-order valence-electron chi connectivity index (χ2n) is 11.4. The molecule has 1 fully saturated rings. The Kier molecular flexibility index (Phi) is 9.41. The van der Waals surface area contributed by atoms with Gasteiger partial charge in [-0.2, -0.15) is 5.10 Å². The van der Waals surface area contributed by atoms with E-state index in [0.717, 1.165) is 78.9 Å². The molecule has 0 radical (unpaired) electrons. The van der Waals surface area contributed by atoms with Crippen molar-refractivity contribution in [2.75, 3.05) is 0 Å². The SMILES string of the molecule is C=C\C(=C/C(=C\C)C(/C)=C/C=c1/[nH]nc(-c2cc3c(-c4ccc(F)cc4)cccc3[nH]2)c1=C)NC(=C)CC1CCCCC1. The van der Waals surface area contributed by atoms with E-state index in [4.69, 9.17) is 0 Å². The molecule has 1 aliphatic rings. The number of aromatic amines is 2. The van der Waals surface area contributed by atoms with Crippen LogP contribution in [0.3, 0.4) is 0 Å². The second kappa shape index (κ2) is 13.6. The molecule has 2 aromatic carbocycles. The minimum Gasteiger partial charge on any atom is -0.359 e. The van der Waals surface area contributed by atoms with Gasteiger partial charge >= 0.3 is 0 Å². The molecule has 220 valence electrons. The zero-order valence-corrected chi connectivity index (χ0v) is 25.3. The largest absolute Gasteiger partial charge is 0.359 e. The first kappa shape index (κ1) is 29.8. The van der Waals surface area contributed by atoms with Crippen molar-refractivity contribution in [2.24, 2.45) is 5.92 Å². The standard InChI is InChI=1S/C38H41FN4/c1-6-29(23-32(7-2)40-26(4)22-28-12-9-8-10-13-28)25(3)16-21-35-27(5)38(43-42-35)37-24-34-33(14-11-15-36(34)41-37)30-17-19-31(39)20-18-30/h6-7,11,14-21,23-24,28,40-42H,2,4-5,8-10,12-13,22H2,1,3H3/b25-16+,29-6+,32-23+,35-21+. The molecule has 2 heterocycles. The molecule has 4 aromatic rings. The van der Waals surface area contributed by atoms with Crippen molar-refractivity contribution in [3.63, 3.8) is 0 Å². The number of hydrogen-bond donors (Lipinski definition) is 3. The highest BCUT2D eigenvalue weighted by Crippen LogP contribution is 2.31. The Morgan fingerprint density at radius 2 is 1.88 bits per heavy atom. The number of nitrogens with one attached hydrogen (secondary N) is 3. The smallest absolute Gasteiger partial charge is 0.123 e. The van der Waals surface area contributed by atoms with Gasteiger partial charge in [-0.15, -0.1) is 0 Å². The van der Waals surface area contributed by atoms with Crippen molar-refractivity contribution in [1.82, 2.24) is 20.5 Å². The van der Waals surface area contributed by atoms with Gasteiger partial charge in [0, 0.05) is 27.5 Å². The van der Waals surface area contributed by atoms with Gasteiger partial charge in [-0.05, 0) is 91.0 Å². The van der Waals surface area contributed by atoms with E-state index in [0.29, 0.717) is 0 Å². The number of rotatable bonds is 10. The van der Waals surface area contributed by atoms with Gasteiger partial charge in [0.15, 0.2) is 0 Å². The molecule has 0 spiro atoms. The van der Waals surface area contributed by atoms with E-state index in [-0.39, 0.29) is 5.82 Å². The van der Waals surface area contributed by atoms with Gasteiger partial charge in [0.05, 0.1) is 11.0 Å². The lowest BCUT2D eigenvalue weighted by atomic mass is 9.86.